The molecule has 10 heavy (non-hydrogen) atoms. The summed E-state index contributed by atoms with van der Waals surface area (Å²) in [6.45, 7) is 0. The zero-order valence-corrected chi connectivity index (χ0v) is 6.86. The highest BCUT2D eigenvalue weighted by atomic mass is 32.2. The van der Waals surface area contributed by atoms with Gasteiger partial charge in [-0.3, -0.25) is 4.79 Å². The number of hydrogen-bond donors (Lipinski definition) is 2. The van der Waals surface area contributed by atoms with Gasteiger partial charge in [-0.1, -0.05) is 0 Å². The predicted octanol–water partition coefficient (Wildman–Crippen LogP) is 0.542. The minimum absolute atomic E-state index is 0.0839. The van der Waals surface area contributed by atoms with Crippen LogP contribution in [0.3, 0.4) is 0 Å². The van der Waals surface area contributed by atoms with Crippen molar-refractivity contribution in [2.75, 3.05) is 12.0 Å². The molecule has 3 N–H and O–H groups in total. The van der Waals surface area contributed by atoms with Crippen LogP contribution in [0.5, 0.6) is 0 Å². The third-order valence-corrected chi connectivity index (χ3v) is 1.77. The number of thioether (sulfide) groups is 1. The number of aliphatic carboxylic acids is 1. The Morgan fingerprint density at radius 3 is 2.80 bits per heavy atom. The molecule has 0 aromatic rings. The van der Waals surface area contributed by atoms with E-state index < -0.39 is 5.97 Å². The Morgan fingerprint density at radius 1 is 1.80 bits per heavy atom. The summed E-state index contributed by atoms with van der Waals surface area (Å²) in [5.41, 5.74) is 5.47. The highest BCUT2D eigenvalue weighted by Crippen LogP contribution is 2.01. The average Bonchev–Trinajstić information content (AvgIpc) is 1.82. The van der Waals surface area contributed by atoms with Crippen LogP contribution in [0.1, 0.15) is 12.8 Å². The van der Waals surface area contributed by atoms with Crippen LogP contribution in [-0.2, 0) is 4.79 Å². The van der Waals surface area contributed by atoms with Gasteiger partial charge in [0.05, 0.1) is 6.42 Å². The molecule has 0 amide bonds. The van der Waals surface area contributed by atoms with E-state index in [2.05, 4.69) is 0 Å². The number of carboxylic acids is 1. The van der Waals surface area contributed by atoms with Gasteiger partial charge in [0.25, 0.3) is 0 Å². The first kappa shape index (κ1) is 9.78. The van der Waals surface area contributed by atoms with Crippen molar-refractivity contribution in [2.45, 2.75) is 18.9 Å². The summed E-state index contributed by atoms with van der Waals surface area (Å²) in [5, 5.41) is 8.30. The van der Waals surface area contributed by atoms with E-state index in [0.29, 0.717) is 0 Å². The molecule has 0 spiro atoms. The van der Waals surface area contributed by atoms with E-state index in [1.54, 1.807) is 11.8 Å². The molecule has 0 aliphatic rings. The molecule has 0 fully saturated rings. The predicted molar refractivity (Wildman–Crippen MR) is 43.2 cm³/mol. The van der Waals surface area contributed by atoms with E-state index in [4.69, 9.17) is 10.8 Å². The maximum Gasteiger partial charge on any atom is 0.304 e. The van der Waals surface area contributed by atoms with Crippen molar-refractivity contribution < 1.29 is 9.90 Å². The monoisotopic (exact) mass is 163 g/mol. The van der Waals surface area contributed by atoms with Crippen LogP contribution in [0.25, 0.3) is 0 Å². The SMILES string of the molecule is CSCCC(N)CC(=O)O. The summed E-state index contributed by atoms with van der Waals surface area (Å²) in [4.78, 5) is 10.1. The average molecular weight is 163 g/mol. The fraction of sp³-hybridized carbons (Fsp3) is 0.833. The second-order valence-electron chi connectivity index (χ2n) is 2.14. The van der Waals surface area contributed by atoms with E-state index in [1.807, 2.05) is 6.26 Å². The van der Waals surface area contributed by atoms with Crippen molar-refractivity contribution in [1.29, 1.82) is 0 Å². The largest absolute Gasteiger partial charge is 0.481 e. The van der Waals surface area contributed by atoms with E-state index in [1.165, 1.54) is 0 Å². The normalized spacial score (nSPS) is 13.0. The van der Waals surface area contributed by atoms with Gasteiger partial charge in [0.15, 0.2) is 0 Å². The van der Waals surface area contributed by atoms with Gasteiger partial charge >= 0.3 is 5.97 Å². The standard InChI is InChI=1S/C6H13NO2S/c1-10-3-2-5(7)4-6(8)9/h5H,2-4,7H2,1H3,(H,8,9). The lowest BCUT2D eigenvalue weighted by atomic mass is 10.2. The minimum atomic E-state index is -0.811. The first-order chi connectivity index (χ1) is 4.66. The third kappa shape index (κ3) is 5.91. The molecular weight excluding hydrogens is 150 g/mol. The molecular formula is C6H13NO2S. The van der Waals surface area contributed by atoms with Crippen molar-refractivity contribution >= 4 is 17.7 Å². The van der Waals surface area contributed by atoms with Crippen LogP contribution in [0, 0.1) is 0 Å². The van der Waals surface area contributed by atoms with Gasteiger partial charge in [-0.2, -0.15) is 11.8 Å². The second kappa shape index (κ2) is 5.56. The Kier molecular flexibility index (Phi) is 5.43. The van der Waals surface area contributed by atoms with Crippen molar-refractivity contribution in [1.82, 2.24) is 0 Å². The van der Waals surface area contributed by atoms with E-state index >= 15 is 0 Å². The Hall–Kier alpha value is -0.220. The van der Waals surface area contributed by atoms with Gasteiger partial charge < -0.3 is 10.8 Å². The molecule has 3 nitrogen and oxygen atoms in total. The molecule has 4 heteroatoms. The van der Waals surface area contributed by atoms with E-state index in [9.17, 15) is 4.79 Å². The Morgan fingerprint density at radius 2 is 2.40 bits per heavy atom. The molecule has 0 heterocycles. The molecule has 0 saturated heterocycles. The van der Waals surface area contributed by atoms with Gasteiger partial charge in [-0.15, -0.1) is 0 Å². The lowest BCUT2D eigenvalue weighted by Gasteiger charge is -2.05. The number of carbonyl (C=O) groups is 1. The maximum atomic E-state index is 10.1. The molecule has 0 rings (SSSR count). The second-order valence-corrected chi connectivity index (χ2v) is 3.13. The van der Waals surface area contributed by atoms with E-state index in [-0.39, 0.29) is 12.5 Å². The molecule has 0 aromatic carbocycles. The summed E-state index contributed by atoms with van der Waals surface area (Å²) >= 11 is 1.68. The zero-order valence-electron chi connectivity index (χ0n) is 6.04. The molecule has 0 bridgehead atoms. The fourth-order valence-corrected chi connectivity index (χ4v) is 1.13. The highest BCUT2D eigenvalue weighted by Gasteiger charge is 2.06. The quantitative estimate of drug-likeness (QED) is 0.621. The molecule has 1 atom stereocenters. The van der Waals surface area contributed by atoms with Crippen molar-refractivity contribution in [3.8, 4) is 0 Å². The highest BCUT2D eigenvalue weighted by molar-refractivity contribution is 7.98. The summed E-state index contributed by atoms with van der Waals surface area (Å²) in [6.07, 6.45) is 2.85. The third-order valence-electron chi connectivity index (χ3n) is 1.13. The summed E-state index contributed by atoms with van der Waals surface area (Å²) in [5.74, 6) is 0.127. The number of rotatable bonds is 5. The zero-order chi connectivity index (χ0) is 7.98. The summed E-state index contributed by atoms with van der Waals surface area (Å²) < 4.78 is 0. The van der Waals surface area contributed by atoms with Crippen LogP contribution < -0.4 is 5.73 Å². The maximum absolute atomic E-state index is 10.1. The van der Waals surface area contributed by atoms with Crippen LogP contribution in [-0.4, -0.2) is 29.1 Å². The Bertz CT molecular complexity index is 108. The Labute approximate surface area is 65.0 Å². The topological polar surface area (TPSA) is 63.3 Å². The van der Waals surface area contributed by atoms with Gasteiger partial charge in [0.2, 0.25) is 0 Å². The first-order valence-electron chi connectivity index (χ1n) is 3.13. The summed E-state index contributed by atoms with van der Waals surface area (Å²) in [7, 11) is 0. The first-order valence-corrected chi connectivity index (χ1v) is 4.52. The van der Waals surface area contributed by atoms with E-state index in [0.717, 1.165) is 12.2 Å². The van der Waals surface area contributed by atoms with Crippen LogP contribution in [0.2, 0.25) is 0 Å². The molecule has 0 saturated carbocycles. The molecule has 0 aliphatic carbocycles. The van der Waals surface area contributed by atoms with Gasteiger partial charge in [0.1, 0.15) is 0 Å². The smallest absolute Gasteiger partial charge is 0.304 e. The molecule has 60 valence electrons. The molecule has 0 aliphatic heterocycles. The van der Waals surface area contributed by atoms with Crippen molar-refractivity contribution in [2.24, 2.45) is 5.73 Å². The van der Waals surface area contributed by atoms with Gasteiger partial charge in [0, 0.05) is 6.04 Å². The van der Waals surface area contributed by atoms with Gasteiger partial charge in [-0.05, 0) is 18.4 Å². The number of nitrogens with two attached hydrogens (primary N) is 1. The van der Waals surface area contributed by atoms with Crippen molar-refractivity contribution in [3.05, 3.63) is 0 Å². The Balaban J connectivity index is 3.25. The number of carboxylic acid groups (broad SMARTS) is 1. The lowest BCUT2D eigenvalue weighted by Crippen LogP contribution is -2.24. The van der Waals surface area contributed by atoms with Crippen LogP contribution in [0.15, 0.2) is 0 Å². The van der Waals surface area contributed by atoms with Crippen molar-refractivity contribution in [3.63, 3.8) is 0 Å². The summed E-state index contributed by atoms with van der Waals surface area (Å²) in [6, 6.07) is -0.176. The molecule has 1 unspecified atom stereocenters. The fourth-order valence-electron chi connectivity index (χ4n) is 0.596. The molecule has 0 aromatic heterocycles. The lowest BCUT2D eigenvalue weighted by molar-refractivity contribution is -0.137. The van der Waals surface area contributed by atoms with Gasteiger partial charge in [-0.25, -0.2) is 0 Å². The van der Waals surface area contributed by atoms with Crippen LogP contribution >= 0.6 is 11.8 Å². The number of hydrogen-bond acceptors (Lipinski definition) is 3. The van der Waals surface area contributed by atoms with Crippen LogP contribution in [0.4, 0.5) is 0 Å². The minimum Gasteiger partial charge on any atom is -0.481 e. The molecule has 0 radical (unpaired) electrons.